The van der Waals surface area contributed by atoms with Crippen LogP contribution in [0.1, 0.15) is 29.8 Å². The molecule has 0 aliphatic heterocycles. The number of primary amides is 1. The fourth-order valence-electron chi connectivity index (χ4n) is 1.88. The maximum atomic E-state index is 12.6. The number of amides is 2. The van der Waals surface area contributed by atoms with E-state index in [9.17, 15) is 32.1 Å². The number of nitrogens with one attached hydrogen (secondary N) is 1. The monoisotopic (exact) mass is 420 g/mol. The van der Waals surface area contributed by atoms with Crippen molar-refractivity contribution in [2.24, 2.45) is 5.73 Å². The molecule has 4 N–H and O–H groups in total. The van der Waals surface area contributed by atoms with Crippen molar-refractivity contribution in [1.82, 2.24) is 0 Å². The van der Waals surface area contributed by atoms with Crippen LogP contribution in [-0.2, 0) is 21.8 Å². The molecule has 0 bridgehead atoms. The van der Waals surface area contributed by atoms with Crippen molar-refractivity contribution in [3.8, 4) is 0 Å². The van der Waals surface area contributed by atoms with Crippen molar-refractivity contribution < 1.29 is 32.1 Å². The van der Waals surface area contributed by atoms with Crippen LogP contribution in [0.4, 0.5) is 18.2 Å². The Morgan fingerprint density at radius 1 is 1.19 bits per heavy atom. The molecule has 6 nitrogen and oxygen atoms in total. The highest BCUT2D eigenvalue weighted by Gasteiger charge is 2.30. The minimum Gasteiger partial charge on any atom is -0.381 e. The summed E-state index contributed by atoms with van der Waals surface area (Å²) in [5, 5.41) is 12.0. The van der Waals surface area contributed by atoms with Crippen LogP contribution in [0.2, 0.25) is 0 Å². The molecule has 0 fully saturated rings. The van der Waals surface area contributed by atoms with Gasteiger partial charge in [-0.2, -0.15) is 13.2 Å². The van der Waals surface area contributed by atoms with E-state index in [0.29, 0.717) is 0 Å². The highest BCUT2D eigenvalue weighted by atomic mass is 32.2. The van der Waals surface area contributed by atoms with Crippen molar-refractivity contribution in [2.45, 2.75) is 34.7 Å². The summed E-state index contributed by atoms with van der Waals surface area (Å²) in [6.07, 6.45) is -4.52. The number of carbonyl (C=O) groups is 2. The molecule has 1 heterocycles. The number of hydrogen-bond acceptors (Lipinski definition) is 5. The Bertz CT molecular complexity index is 900. The van der Waals surface area contributed by atoms with Gasteiger partial charge in [0, 0.05) is 4.90 Å². The Hall–Kier alpha value is -2.24. The first-order valence-electron chi connectivity index (χ1n) is 7.37. The maximum absolute atomic E-state index is 12.6. The Morgan fingerprint density at radius 2 is 1.74 bits per heavy atom. The lowest BCUT2D eigenvalue weighted by molar-refractivity contribution is -0.137. The zero-order chi connectivity index (χ0) is 20.6. The molecular weight excluding hydrogens is 405 g/mol. The summed E-state index contributed by atoms with van der Waals surface area (Å²) in [4.78, 5) is 23.6. The molecule has 0 aliphatic rings. The molecule has 0 spiro atoms. The second kappa shape index (κ2) is 7.41. The van der Waals surface area contributed by atoms with E-state index in [1.54, 1.807) is 0 Å². The van der Waals surface area contributed by atoms with Gasteiger partial charge in [-0.15, -0.1) is 11.3 Å². The molecule has 2 aromatic rings. The summed E-state index contributed by atoms with van der Waals surface area (Å²) in [5.74, 6) is -1.70. The number of alkyl halides is 3. The quantitative estimate of drug-likeness (QED) is 0.691. The van der Waals surface area contributed by atoms with Gasteiger partial charge >= 0.3 is 6.18 Å². The SMILES string of the molecule is CC(C)(O)C(=O)Nc1sc(S(=O)c2ccc(C(F)(F)F)cc2)cc1C(N)=O. The van der Waals surface area contributed by atoms with E-state index in [1.807, 2.05) is 0 Å². The zero-order valence-corrected chi connectivity index (χ0v) is 15.7. The molecular formula is C16H15F3N2O4S2. The van der Waals surface area contributed by atoms with Crippen molar-refractivity contribution in [3.05, 3.63) is 41.5 Å². The van der Waals surface area contributed by atoms with E-state index in [2.05, 4.69) is 5.32 Å². The van der Waals surface area contributed by atoms with Crippen LogP contribution in [0.25, 0.3) is 0 Å². The predicted octanol–water partition coefficient (Wildman–Crippen LogP) is 2.74. The second-order valence-electron chi connectivity index (χ2n) is 5.98. The van der Waals surface area contributed by atoms with Crippen LogP contribution in [0.3, 0.4) is 0 Å². The largest absolute Gasteiger partial charge is 0.416 e. The van der Waals surface area contributed by atoms with Crippen LogP contribution in [-0.4, -0.2) is 26.7 Å². The fraction of sp³-hybridized carbons (Fsp3) is 0.250. The smallest absolute Gasteiger partial charge is 0.381 e. The van der Waals surface area contributed by atoms with Gasteiger partial charge in [-0.3, -0.25) is 9.59 Å². The molecule has 1 unspecified atom stereocenters. The van der Waals surface area contributed by atoms with Gasteiger partial charge in [0.2, 0.25) is 0 Å². The minimum absolute atomic E-state index is 0.00936. The number of hydrogen-bond donors (Lipinski definition) is 3. The number of aliphatic hydroxyl groups is 1. The summed E-state index contributed by atoms with van der Waals surface area (Å²) in [5.41, 5.74) is 2.52. The topological polar surface area (TPSA) is 109 Å². The first-order valence-corrected chi connectivity index (χ1v) is 9.34. The molecule has 11 heteroatoms. The van der Waals surface area contributed by atoms with Crippen molar-refractivity contribution in [1.29, 1.82) is 0 Å². The van der Waals surface area contributed by atoms with Crippen molar-refractivity contribution in [3.63, 3.8) is 0 Å². The van der Waals surface area contributed by atoms with Gasteiger partial charge in [0.25, 0.3) is 11.8 Å². The lowest BCUT2D eigenvalue weighted by Crippen LogP contribution is -2.36. The van der Waals surface area contributed by atoms with Gasteiger partial charge in [-0.25, -0.2) is 4.21 Å². The van der Waals surface area contributed by atoms with Crippen LogP contribution >= 0.6 is 11.3 Å². The Labute approximate surface area is 158 Å². The molecule has 2 rings (SSSR count). The summed E-state index contributed by atoms with van der Waals surface area (Å²) < 4.78 is 50.6. The lowest BCUT2D eigenvalue weighted by atomic mass is 10.1. The van der Waals surface area contributed by atoms with Gasteiger partial charge in [-0.1, -0.05) is 0 Å². The third kappa shape index (κ3) is 4.93. The molecule has 1 atom stereocenters. The normalized spacial score (nSPS) is 13.3. The molecule has 1 aromatic heterocycles. The Balaban J connectivity index is 2.35. The number of anilines is 1. The third-order valence-corrected chi connectivity index (χ3v) is 6.07. The maximum Gasteiger partial charge on any atom is 0.416 e. The lowest BCUT2D eigenvalue weighted by Gasteiger charge is -2.16. The van der Waals surface area contributed by atoms with Crippen LogP contribution in [0, 0.1) is 0 Å². The number of thiophene rings is 1. The fourth-order valence-corrected chi connectivity index (χ4v) is 4.35. The van der Waals surface area contributed by atoms with Crippen molar-refractivity contribution >= 4 is 39.0 Å². The van der Waals surface area contributed by atoms with E-state index in [4.69, 9.17) is 5.73 Å². The van der Waals surface area contributed by atoms with Gasteiger partial charge in [0.1, 0.15) is 10.6 Å². The average molecular weight is 420 g/mol. The molecule has 1 aromatic carbocycles. The highest BCUT2D eigenvalue weighted by molar-refractivity contribution is 7.87. The Morgan fingerprint density at radius 3 is 2.19 bits per heavy atom. The number of rotatable bonds is 5. The Kier molecular flexibility index (Phi) is 5.78. The van der Waals surface area contributed by atoms with Gasteiger partial charge in [0.15, 0.2) is 0 Å². The second-order valence-corrected chi connectivity index (χ2v) is 8.74. The van der Waals surface area contributed by atoms with E-state index in [-0.39, 0.29) is 19.7 Å². The van der Waals surface area contributed by atoms with Crippen molar-refractivity contribution in [2.75, 3.05) is 5.32 Å². The molecule has 0 radical (unpaired) electrons. The molecule has 0 aliphatic carbocycles. The number of halogens is 3. The van der Waals surface area contributed by atoms with E-state index >= 15 is 0 Å². The zero-order valence-electron chi connectivity index (χ0n) is 14.1. The summed E-state index contributed by atoms with van der Waals surface area (Å²) in [7, 11) is -1.89. The average Bonchev–Trinajstić information content (AvgIpc) is 2.96. The van der Waals surface area contributed by atoms with Gasteiger partial charge in [-0.05, 0) is 44.2 Å². The molecule has 146 valence electrons. The van der Waals surface area contributed by atoms with Crippen LogP contribution < -0.4 is 11.1 Å². The van der Waals surface area contributed by atoms with Crippen LogP contribution in [0.5, 0.6) is 0 Å². The summed E-state index contributed by atoms with van der Waals surface area (Å²) in [6.45, 7) is 2.47. The standard InChI is InChI=1S/C16H15F3N2O4S2/c1-15(2,24)14(23)21-13-10(12(20)22)7-11(26-13)27(25)9-5-3-8(4-6-9)16(17,18)19/h3-7,24H,1-2H3,(H2,20,22)(H,21,23). The summed E-state index contributed by atoms with van der Waals surface area (Å²) in [6, 6.07) is 4.93. The van der Waals surface area contributed by atoms with E-state index < -0.39 is 40.0 Å². The number of nitrogens with two attached hydrogens (primary N) is 1. The molecule has 2 amide bonds. The first kappa shape index (κ1) is 21.1. The molecule has 0 saturated heterocycles. The van der Waals surface area contributed by atoms with E-state index in [1.165, 1.54) is 19.9 Å². The minimum atomic E-state index is -4.52. The van der Waals surface area contributed by atoms with Gasteiger partial charge < -0.3 is 16.2 Å². The number of carbonyl (C=O) groups excluding carboxylic acids is 2. The van der Waals surface area contributed by atoms with Gasteiger partial charge in [0.05, 0.1) is 26.1 Å². The van der Waals surface area contributed by atoms with Crippen LogP contribution in [0.15, 0.2) is 39.4 Å². The summed E-state index contributed by atoms with van der Waals surface area (Å²) >= 11 is 0.779. The number of benzene rings is 1. The van der Waals surface area contributed by atoms with E-state index in [0.717, 1.165) is 35.6 Å². The third-order valence-electron chi connectivity index (χ3n) is 3.34. The molecule has 0 saturated carbocycles. The highest BCUT2D eigenvalue weighted by Crippen LogP contribution is 2.34. The molecule has 27 heavy (non-hydrogen) atoms. The predicted molar refractivity (Wildman–Crippen MR) is 93.9 cm³/mol. The first-order chi connectivity index (χ1) is 12.3.